The normalized spacial score (nSPS) is 20.9. The zero-order valence-corrected chi connectivity index (χ0v) is 17.9. The maximum Gasteiger partial charge on any atom is 0.161 e. The molecule has 30 heavy (non-hydrogen) atoms. The molecule has 2 aromatic carbocycles. The summed E-state index contributed by atoms with van der Waals surface area (Å²) in [6, 6.07) is 17.1. The molecule has 1 fully saturated rings. The number of rotatable bonds is 5. The zero-order chi connectivity index (χ0) is 21.1. The molecule has 5 heteroatoms. The molecule has 0 N–H and O–H groups in total. The molecule has 4 rings (SSSR count). The summed E-state index contributed by atoms with van der Waals surface area (Å²) in [5, 5.41) is 10.2. The number of nitrogens with zero attached hydrogens (tertiary/aromatic N) is 2. The number of hydrogen-bond donors (Lipinski definition) is 0. The van der Waals surface area contributed by atoms with E-state index in [1.807, 2.05) is 30.3 Å². The van der Waals surface area contributed by atoms with E-state index < -0.39 is 0 Å². The molecular formula is C25H28N2O3. The second-order valence-electron chi connectivity index (χ2n) is 7.85. The Balaban J connectivity index is 1.90. The Labute approximate surface area is 178 Å². The smallest absolute Gasteiger partial charge is 0.161 e. The molecule has 0 aromatic heterocycles. The predicted octanol–water partition coefficient (Wildman–Crippen LogP) is 4.99. The average molecular weight is 405 g/mol. The first-order valence-corrected chi connectivity index (χ1v) is 10.5. The molecule has 2 heterocycles. The number of allylic oxidation sites excluding steroid dienone is 2. The van der Waals surface area contributed by atoms with Crippen molar-refractivity contribution in [2.24, 2.45) is 0 Å². The van der Waals surface area contributed by atoms with E-state index in [1.54, 1.807) is 21.3 Å². The number of piperidine rings is 1. The van der Waals surface area contributed by atoms with Crippen LogP contribution in [0.25, 0.3) is 5.57 Å². The second-order valence-corrected chi connectivity index (χ2v) is 7.85. The lowest BCUT2D eigenvalue weighted by molar-refractivity contribution is 0.177. The van der Waals surface area contributed by atoms with Gasteiger partial charge in [-0.15, -0.1) is 0 Å². The standard InChI is InChI=1S/C25H28N2O3/c1-28-20-9-6-7-17(13-20)21-15-19-8-4-5-12-27(19)22(16-26)25(21)18-10-11-23(29-2)24(14-18)30-3/h6-7,9-11,13-14,19,21H,4-5,8,12,15H2,1-3H3/t19-,21-/m0/s1. The summed E-state index contributed by atoms with van der Waals surface area (Å²) in [5.74, 6) is 2.31. The van der Waals surface area contributed by atoms with E-state index >= 15 is 0 Å². The number of fused-ring (bicyclic) bond motifs is 1. The molecule has 0 spiro atoms. The van der Waals surface area contributed by atoms with Gasteiger partial charge in [-0.2, -0.15) is 5.26 Å². The van der Waals surface area contributed by atoms with Gasteiger partial charge >= 0.3 is 0 Å². The molecule has 2 aromatic rings. The van der Waals surface area contributed by atoms with Gasteiger partial charge in [-0.25, -0.2) is 0 Å². The highest BCUT2D eigenvalue weighted by molar-refractivity contribution is 5.79. The highest BCUT2D eigenvalue weighted by atomic mass is 16.5. The highest BCUT2D eigenvalue weighted by Gasteiger charge is 2.37. The first kappa shape index (κ1) is 20.2. The average Bonchev–Trinajstić information content (AvgIpc) is 2.82. The third-order valence-electron chi connectivity index (χ3n) is 6.32. The van der Waals surface area contributed by atoms with Crippen LogP contribution < -0.4 is 14.2 Å². The van der Waals surface area contributed by atoms with Crippen LogP contribution in [0.1, 0.15) is 42.7 Å². The third kappa shape index (κ3) is 3.59. The lowest BCUT2D eigenvalue weighted by Gasteiger charge is -2.44. The Morgan fingerprint density at radius 1 is 0.967 bits per heavy atom. The van der Waals surface area contributed by atoms with E-state index in [9.17, 15) is 5.26 Å². The van der Waals surface area contributed by atoms with Gasteiger partial charge in [0.15, 0.2) is 11.5 Å². The Kier molecular flexibility index (Phi) is 5.85. The molecule has 0 radical (unpaired) electrons. The van der Waals surface area contributed by atoms with Crippen LogP contribution in [0.2, 0.25) is 0 Å². The summed E-state index contributed by atoms with van der Waals surface area (Å²) >= 11 is 0. The number of hydrogen-bond acceptors (Lipinski definition) is 5. The Hall–Kier alpha value is -3.13. The molecular weight excluding hydrogens is 376 g/mol. The molecule has 0 amide bonds. The van der Waals surface area contributed by atoms with E-state index in [4.69, 9.17) is 14.2 Å². The van der Waals surface area contributed by atoms with Crippen LogP contribution in [0, 0.1) is 11.3 Å². The van der Waals surface area contributed by atoms with Gasteiger partial charge in [0, 0.05) is 24.1 Å². The molecule has 0 saturated carbocycles. The topological polar surface area (TPSA) is 54.7 Å². The van der Waals surface area contributed by atoms with Gasteiger partial charge in [0.25, 0.3) is 0 Å². The Morgan fingerprint density at radius 3 is 2.53 bits per heavy atom. The molecule has 5 nitrogen and oxygen atoms in total. The molecule has 2 aliphatic rings. The van der Waals surface area contributed by atoms with Crippen LogP contribution >= 0.6 is 0 Å². The van der Waals surface area contributed by atoms with Gasteiger partial charge in [-0.05, 0) is 61.1 Å². The number of nitriles is 1. The fraction of sp³-hybridized carbons (Fsp3) is 0.400. The van der Waals surface area contributed by atoms with Crippen LogP contribution in [0.3, 0.4) is 0 Å². The van der Waals surface area contributed by atoms with E-state index in [-0.39, 0.29) is 5.92 Å². The van der Waals surface area contributed by atoms with E-state index in [0.29, 0.717) is 17.5 Å². The largest absolute Gasteiger partial charge is 0.497 e. The Bertz CT molecular complexity index is 992. The minimum Gasteiger partial charge on any atom is -0.497 e. The van der Waals surface area contributed by atoms with Crippen molar-refractivity contribution in [3.8, 4) is 23.3 Å². The first-order chi connectivity index (χ1) is 14.7. The lowest BCUT2D eigenvalue weighted by Crippen LogP contribution is -2.43. The number of ether oxygens (including phenoxy) is 3. The minimum atomic E-state index is 0.118. The van der Waals surface area contributed by atoms with E-state index in [0.717, 1.165) is 48.4 Å². The van der Waals surface area contributed by atoms with Crippen molar-refractivity contribution >= 4 is 5.57 Å². The third-order valence-corrected chi connectivity index (χ3v) is 6.32. The minimum absolute atomic E-state index is 0.118. The quantitative estimate of drug-likeness (QED) is 0.703. The van der Waals surface area contributed by atoms with Gasteiger partial charge in [-0.3, -0.25) is 0 Å². The molecule has 0 unspecified atom stereocenters. The maximum atomic E-state index is 10.2. The molecule has 0 bridgehead atoms. The van der Waals surface area contributed by atoms with Gasteiger partial charge in [0.2, 0.25) is 0 Å². The van der Waals surface area contributed by atoms with Crippen LogP contribution in [-0.4, -0.2) is 38.8 Å². The van der Waals surface area contributed by atoms with Gasteiger partial charge in [0.1, 0.15) is 17.5 Å². The van der Waals surface area contributed by atoms with Crippen LogP contribution in [0.15, 0.2) is 48.2 Å². The molecule has 2 atom stereocenters. The van der Waals surface area contributed by atoms with Gasteiger partial charge in [-0.1, -0.05) is 18.2 Å². The van der Waals surface area contributed by atoms with Crippen molar-refractivity contribution in [1.29, 1.82) is 5.26 Å². The molecule has 1 saturated heterocycles. The molecule has 0 aliphatic carbocycles. The van der Waals surface area contributed by atoms with Crippen molar-refractivity contribution < 1.29 is 14.2 Å². The van der Waals surface area contributed by atoms with Crippen LogP contribution in [0.5, 0.6) is 17.2 Å². The van der Waals surface area contributed by atoms with E-state index in [1.165, 1.54) is 12.0 Å². The molecule has 2 aliphatic heterocycles. The maximum absolute atomic E-state index is 10.2. The number of methoxy groups -OCH3 is 3. The van der Waals surface area contributed by atoms with Crippen molar-refractivity contribution in [3.05, 3.63) is 59.3 Å². The lowest BCUT2D eigenvalue weighted by atomic mass is 9.76. The van der Waals surface area contributed by atoms with Crippen LogP contribution in [-0.2, 0) is 0 Å². The van der Waals surface area contributed by atoms with E-state index in [2.05, 4.69) is 23.1 Å². The summed E-state index contributed by atoms with van der Waals surface area (Å²) in [5.41, 5.74) is 4.02. The Morgan fingerprint density at radius 2 is 1.80 bits per heavy atom. The monoisotopic (exact) mass is 404 g/mol. The second kappa shape index (κ2) is 8.71. The zero-order valence-electron chi connectivity index (χ0n) is 17.9. The fourth-order valence-electron chi connectivity index (χ4n) is 4.88. The summed E-state index contributed by atoms with van der Waals surface area (Å²) in [4.78, 5) is 2.33. The summed E-state index contributed by atoms with van der Waals surface area (Å²) in [6.07, 6.45) is 4.47. The highest BCUT2D eigenvalue weighted by Crippen LogP contribution is 2.47. The van der Waals surface area contributed by atoms with Gasteiger partial charge < -0.3 is 19.1 Å². The summed E-state index contributed by atoms with van der Waals surface area (Å²) in [6.45, 7) is 0.940. The predicted molar refractivity (Wildman–Crippen MR) is 117 cm³/mol. The van der Waals surface area contributed by atoms with Crippen molar-refractivity contribution in [2.75, 3.05) is 27.9 Å². The SMILES string of the molecule is COc1cccc([C@@H]2C[C@@H]3CCCCN3C(C#N)=C2c2ccc(OC)c(OC)c2)c1. The van der Waals surface area contributed by atoms with Crippen LogP contribution in [0.4, 0.5) is 0 Å². The molecule has 156 valence electrons. The fourth-order valence-corrected chi connectivity index (χ4v) is 4.88. The summed E-state index contributed by atoms with van der Waals surface area (Å²) in [7, 11) is 4.96. The van der Waals surface area contributed by atoms with Crippen molar-refractivity contribution in [3.63, 3.8) is 0 Å². The number of benzene rings is 2. The van der Waals surface area contributed by atoms with Crippen molar-refractivity contribution in [2.45, 2.75) is 37.6 Å². The first-order valence-electron chi connectivity index (χ1n) is 10.5. The summed E-state index contributed by atoms with van der Waals surface area (Å²) < 4.78 is 16.5. The van der Waals surface area contributed by atoms with Crippen molar-refractivity contribution in [1.82, 2.24) is 4.90 Å². The van der Waals surface area contributed by atoms with Gasteiger partial charge in [0.05, 0.1) is 21.3 Å².